The number of hydrogen-bond donors (Lipinski definition) is 4. The normalized spacial score (nSPS) is 12.2. The fourth-order valence-electron chi connectivity index (χ4n) is 2.78. The highest BCUT2D eigenvalue weighted by atomic mass is 16.5. The summed E-state index contributed by atoms with van der Waals surface area (Å²) in [5.74, 6) is 1.13. The van der Waals surface area contributed by atoms with Gasteiger partial charge in [0.2, 0.25) is 0 Å². The quantitative estimate of drug-likeness (QED) is 0.361. The Labute approximate surface area is 172 Å². The summed E-state index contributed by atoms with van der Waals surface area (Å²) >= 11 is 0. The molecule has 2 rings (SSSR count). The molecule has 2 aromatic rings. The Morgan fingerprint density at radius 3 is 2.59 bits per heavy atom. The van der Waals surface area contributed by atoms with E-state index in [1.165, 1.54) is 0 Å². The van der Waals surface area contributed by atoms with E-state index in [-0.39, 0.29) is 25.0 Å². The maximum Gasteiger partial charge on any atom is 0.257 e. The molecule has 29 heavy (non-hydrogen) atoms. The van der Waals surface area contributed by atoms with E-state index in [0.717, 1.165) is 11.1 Å². The van der Waals surface area contributed by atoms with Gasteiger partial charge >= 0.3 is 0 Å². The minimum absolute atomic E-state index is 0.00399. The number of guanidine groups is 1. The summed E-state index contributed by atoms with van der Waals surface area (Å²) in [5, 5.41) is 18.9. The maximum atomic E-state index is 11.5. The standard InChI is InChI=1S/C22H30N4O3/c1-3-24-21(28)16-29-20-11-7-8-17(12-20)13-25-22(23-2)26-14-19(15-27)18-9-5-4-6-10-18/h4-12,19,27H,3,13-16H2,1-2H3,(H,24,28)(H2,23,25,26). The molecule has 0 aliphatic heterocycles. The van der Waals surface area contributed by atoms with Gasteiger partial charge in [0.15, 0.2) is 12.6 Å². The molecule has 0 aliphatic carbocycles. The maximum absolute atomic E-state index is 11.5. The SMILES string of the molecule is CCNC(=O)COc1cccc(CNC(=NC)NCC(CO)c2ccccc2)c1. The van der Waals surface area contributed by atoms with Crippen molar-refractivity contribution in [3.8, 4) is 5.75 Å². The van der Waals surface area contributed by atoms with Crippen molar-refractivity contribution >= 4 is 11.9 Å². The molecular weight excluding hydrogens is 368 g/mol. The Hall–Kier alpha value is -3.06. The summed E-state index contributed by atoms with van der Waals surface area (Å²) in [5.41, 5.74) is 2.08. The second kappa shape index (κ2) is 12.4. The first kappa shape index (κ1) is 22.2. The average molecular weight is 399 g/mol. The third-order valence-corrected chi connectivity index (χ3v) is 4.33. The van der Waals surface area contributed by atoms with Crippen LogP contribution in [0.3, 0.4) is 0 Å². The highest BCUT2D eigenvalue weighted by Gasteiger charge is 2.11. The topological polar surface area (TPSA) is 95.0 Å². The molecule has 7 nitrogen and oxygen atoms in total. The molecule has 0 saturated heterocycles. The van der Waals surface area contributed by atoms with Gasteiger partial charge in [0.05, 0.1) is 6.61 Å². The van der Waals surface area contributed by atoms with E-state index in [9.17, 15) is 9.90 Å². The van der Waals surface area contributed by atoms with Crippen molar-refractivity contribution in [2.24, 2.45) is 4.99 Å². The molecule has 7 heteroatoms. The third kappa shape index (κ3) is 7.83. The minimum Gasteiger partial charge on any atom is -0.484 e. The van der Waals surface area contributed by atoms with Crippen molar-refractivity contribution < 1.29 is 14.6 Å². The molecule has 1 unspecified atom stereocenters. The van der Waals surface area contributed by atoms with Crippen LogP contribution >= 0.6 is 0 Å². The van der Waals surface area contributed by atoms with Crippen LogP contribution < -0.4 is 20.7 Å². The molecule has 0 spiro atoms. The van der Waals surface area contributed by atoms with Gasteiger partial charge in [-0.3, -0.25) is 9.79 Å². The lowest BCUT2D eigenvalue weighted by molar-refractivity contribution is -0.122. The van der Waals surface area contributed by atoms with E-state index in [4.69, 9.17) is 4.74 Å². The molecule has 156 valence electrons. The largest absolute Gasteiger partial charge is 0.484 e. The molecule has 0 fully saturated rings. The number of amides is 1. The summed E-state index contributed by atoms with van der Waals surface area (Å²) in [6.07, 6.45) is 0. The zero-order valence-corrected chi connectivity index (χ0v) is 17.0. The second-order valence-electron chi connectivity index (χ2n) is 6.49. The van der Waals surface area contributed by atoms with E-state index in [1.54, 1.807) is 7.05 Å². The lowest BCUT2D eigenvalue weighted by atomic mass is 10.0. The Morgan fingerprint density at radius 2 is 1.90 bits per heavy atom. The Balaban J connectivity index is 1.84. The lowest BCUT2D eigenvalue weighted by Crippen LogP contribution is -2.39. The van der Waals surface area contributed by atoms with Crippen molar-refractivity contribution in [2.75, 3.05) is 33.4 Å². The van der Waals surface area contributed by atoms with Gasteiger partial charge in [-0.05, 0) is 30.2 Å². The average Bonchev–Trinajstić information content (AvgIpc) is 2.76. The van der Waals surface area contributed by atoms with E-state index < -0.39 is 0 Å². The summed E-state index contributed by atoms with van der Waals surface area (Å²) in [6, 6.07) is 17.5. The third-order valence-electron chi connectivity index (χ3n) is 4.33. The first-order chi connectivity index (χ1) is 14.2. The van der Waals surface area contributed by atoms with Gasteiger partial charge in [-0.15, -0.1) is 0 Å². The number of benzene rings is 2. The molecule has 4 N–H and O–H groups in total. The van der Waals surface area contributed by atoms with Crippen LogP contribution in [0.5, 0.6) is 5.75 Å². The highest BCUT2D eigenvalue weighted by molar-refractivity contribution is 5.79. The number of rotatable bonds is 10. The van der Waals surface area contributed by atoms with Crippen molar-refractivity contribution in [1.82, 2.24) is 16.0 Å². The minimum atomic E-state index is -0.141. The van der Waals surface area contributed by atoms with Gasteiger partial charge in [0.25, 0.3) is 5.91 Å². The van der Waals surface area contributed by atoms with Gasteiger partial charge in [-0.25, -0.2) is 0 Å². The van der Waals surface area contributed by atoms with E-state index in [1.807, 2.05) is 61.5 Å². The zero-order chi connectivity index (χ0) is 20.9. The van der Waals surface area contributed by atoms with Crippen LogP contribution in [-0.2, 0) is 11.3 Å². The number of nitrogens with one attached hydrogen (secondary N) is 3. The van der Waals surface area contributed by atoms with Gasteiger partial charge in [-0.1, -0.05) is 42.5 Å². The molecule has 1 amide bonds. The van der Waals surface area contributed by atoms with Crippen molar-refractivity contribution in [3.63, 3.8) is 0 Å². The predicted molar refractivity (Wildman–Crippen MR) is 115 cm³/mol. The van der Waals surface area contributed by atoms with Crippen molar-refractivity contribution in [1.29, 1.82) is 0 Å². The number of likely N-dealkylation sites (N-methyl/N-ethyl adjacent to an activating group) is 1. The number of hydrogen-bond acceptors (Lipinski definition) is 4. The zero-order valence-electron chi connectivity index (χ0n) is 17.0. The molecule has 0 bridgehead atoms. The molecule has 1 atom stereocenters. The summed E-state index contributed by atoms with van der Waals surface area (Å²) in [6.45, 7) is 3.62. The molecule has 2 aromatic carbocycles. The van der Waals surface area contributed by atoms with Gasteiger partial charge in [0.1, 0.15) is 5.75 Å². The van der Waals surface area contributed by atoms with Crippen LogP contribution in [-0.4, -0.2) is 50.3 Å². The van der Waals surface area contributed by atoms with E-state index in [0.29, 0.717) is 31.3 Å². The number of carbonyl (C=O) groups is 1. The molecule has 0 radical (unpaired) electrons. The number of ether oxygens (including phenoxy) is 1. The Morgan fingerprint density at radius 1 is 1.10 bits per heavy atom. The lowest BCUT2D eigenvalue weighted by Gasteiger charge is -2.18. The van der Waals surface area contributed by atoms with E-state index in [2.05, 4.69) is 20.9 Å². The Kier molecular flexibility index (Phi) is 9.51. The van der Waals surface area contributed by atoms with Crippen LogP contribution in [0.15, 0.2) is 59.6 Å². The van der Waals surface area contributed by atoms with E-state index >= 15 is 0 Å². The first-order valence-corrected chi connectivity index (χ1v) is 9.75. The smallest absolute Gasteiger partial charge is 0.257 e. The number of aliphatic hydroxyl groups is 1. The van der Waals surface area contributed by atoms with Gasteiger partial charge in [-0.2, -0.15) is 0 Å². The van der Waals surface area contributed by atoms with Gasteiger partial charge in [0, 0.05) is 32.6 Å². The fourth-order valence-corrected chi connectivity index (χ4v) is 2.78. The summed E-state index contributed by atoms with van der Waals surface area (Å²) in [4.78, 5) is 15.8. The molecule has 0 saturated carbocycles. The number of aliphatic hydroxyl groups excluding tert-OH is 1. The summed E-state index contributed by atoms with van der Waals surface area (Å²) in [7, 11) is 1.71. The molecule has 0 aliphatic rings. The van der Waals surface area contributed by atoms with Crippen molar-refractivity contribution in [2.45, 2.75) is 19.4 Å². The molecular formula is C22H30N4O3. The highest BCUT2D eigenvalue weighted by Crippen LogP contribution is 2.14. The van der Waals surface area contributed by atoms with Crippen LogP contribution in [0.1, 0.15) is 24.0 Å². The van der Waals surface area contributed by atoms with Crippen LogP contribution in [0, 0.1) is 0 Å². The van der Waals surface area contributed by atoms with Crippen molar-refractivity contribution in [3.05, 3.63) is 65.7 Å². The Bertz CT molecular complexity index is 781. The number of aliphatic imine (C=N–C) groups is 1. The molecule has 0 heterocycles. The van der Waals surface area contributed by atoms with Gasteiger partial charge < -0.3 is 25.8 Å². The predicted octanol–water partition coefficient (Wildman–Crippen LogP) is 1.64. The first-order valence-electron chi connectivity index (χ1n) is 9.75. The monoisotopic (exact) mass is 398 g/mol. The fraction of sp³-hybridized carbons (Fsp3) is 0.364. The van der Waals surface area contributed by atoms with Crippen LogP contribution in [0.25, 0.3) is 0 Å². The summed E-state index contributed by atoms with van der Waals surface area (Å²) < 4.78 is 5.52. The number of carbonyl (C=O) groups excluding carboxylic acids is 1. The number of nitrogens with zero attached hydrogens (tertiary/aromatic N) is 1. The van der Waals surface area contributed by atoms with Crippen LogP contribution in [0.4, 0.5) is 0 Å². The van der Waals surface area contributed by atoms with Crippen LogP contribution in [0.2, 0.25) is 0 Å². The molecule has 0 aromatic heterocycles. The second-order valence-corrected chi connectivity index (χ2v) is 6.49.